The van der Waals surface area contributed by atoms with E-state index >= 15 is 0 Å². The SMILES string of the molecule is CC1(C)CC2CN1c1nc(-n3ccc(OCCC4CCCC4)n3)ccc1C(=O)NS(=O)(=O)c1cccc(n1)NCCO2. The van der Waals surface area contributed by atoms with Crippen molar-refractivity contribution < 1.29 is 22.7 Å². The molecule has 4 bridgehead atoms. The van der Waals surface area contributed by atoms with E-state index in [4.69, 9.17) is 14.5 Å². The van der Waals surface area contributed by atoms with Crippen molar-refractivity contribution in [1.29, 1.82) is 0 Å². The van der Waals surface area contributed by atoms with Gasteiger partial charge in [-0.3, -0.25) is 4.79 Å². The van der Waals surface area contributed by atoms with Gasteiger partial charge in [0.15, 0.2) is 10.8 Å². The predicted octanol–water partition coefficient (Wildman–Crippen LogP) is 3.54. The molecule has 12 nitrogen and oxygen atoms in total. The quantitative estimate of drug-likeness (QED) is 0.450. The number of fused-ring (bicyclic) bond motifs is 6. The molecule has 2 N–H and O–H groups in total. The Labute approximate surface area is 245 Å². The molecule has 1 atom stereocenters. The lowest BCUT2D eigenvalue weighted by molar-refractivity contribution is 0.0710. The molecule has 3 aromatic rings. The molecule has 1 saturated carbocycles. The Morgan fingerprint density at radius 3 is 2.79 bits per heavy atom. The van der Waals surface area contributed by atoms with Gasteiger partial charge in [0.2, 0.25) is 5.88 Å². The van der Waals surface area contributed by atoms with Crippen LogP contribution >= 0.6 is 0 Å². The lowest BCUT2D eigenvalue weighted by Gasteiger charge is -2.33. The standard InChI is InChI=1S/C29H37N7O5S/c1-29(2)18-21-19-35(29)27-22(28(37)34-42(38,39)26-9-5-8-23(31-26)30-14-17-40-21)10-11-24(32-27)36-15-12-25(33-36)41-16-13-20-6-3-4-7-20/h5,8-12,15,20-21H,3-4,6-7,13-14,16-19H2,1-2H3,(H,30,31)(H,34,37). The lowest BCUT2D eigenvalue weighted by Crippen LogP contribution is -2.41. The third-order valence-electron chi connectivity index (χ3n) is 8.24. The number of aromatic nitrogens is 4. The van der Waals surface area contributed by atoms with E-state index in [9.17, 15) is 13.2 Å². The number of hydrogen-bond donors (Lipinski definition) is 2. The number of anilines is 2. The van der Waals surface area contributed by atoms with Crippen LogP contribution in [-0.4, -0.2) is 72.0 Å². The van der Waals surface area contributed by atoms with E-state index in [1.165, 1.54) is 31.7 Å². The minimum absolute atomic E-state index is 0.110. The number of carbonyl (C=O) groups is 1. The fourth-order valence-electron chi connectivity index (χ4n) is 6.05. The summed E-state index contributed by atoms with van der Waals surface area (Å²) in [5.41, 5.74) is -0.292. The molecule has 3 aliphatic rings. The molecule has 224 valence electrons. The van der Waals surface area contributed by atoms with Gasteiger partial charge >= 0.3 is 0 Å². The summed E-state index contributed by atoms with van der Waals surface area (Å²) in [4.78, 5) is 24.6. The van der Waals surface area contributed by atoms with Gasteiger partial charge in [-0.25, -0.2) is 19.4 Å². The zero-order chi connectivity index (χ0) is 29.3. The number of carbonyl (C=O) groups excluding carboxylic acids is 1. The van der Waals surface area contributed by atoms with Gasteiger partial charge in [-0.2, -0.15) is 8.42 Å². The molecule has 2 aliphatic heterocycles. The molecule has 3 aromatic heterocycles. The van der Waals surface area contributed by atoms with Crippen molar-refractivity contribution >= 4 is 27.6 Å². The molecule has 5 heterocycles. The Hall–Kier alpha value is -3.71. The van der Waals surface area contributed by atoms with Gasteiger partial charge in [0.1, 0.15) is 11.6 Å². The first kappa shape index (κ1) is 28.4. The maximum absolute atomic E-state index is 13.5. The third kappa shape index (κ3) is 6.07. The summed E-state index contributed by atoms with van der Waals surface area (Å²) in [5, 5.41) is 7.39. The van der Waals surface area contributed by atoms with Gasteiger partial charge in [-0.1, -0.05) is 31.7 Å². The Morgan fingerprint density at radius 1 is 1.12 bits per heavy atom. The normalized spacial score (nSPS) is 22.0. The van der Waals surface area contributed by atoms with Crippen molar-refractivity contribution in [2.24, 2.45) is 5.92 Å². The summed E-state index contributed by atoms with van der Waals surface area (Å²) < 4.78 is 42.2. The highest BCUT2D eigenvalue weighted by Crippen LogP contribution is 2.36. The maximum Gasteiger partial charge on any atom is 0.281 e. The minimum Gasteiger partial charge on any atom is -0.477 e. The summed E-state index contributed by atoms with van der Waals surface area (Å²) in [6.45, 7) is 6.07. The molecule has 1 saturated heterocycles. The summed E-state index contributed by atoms with van der Waals surface area (Å²) in [6, 6.07) is 9.61. The number of pyridine rings is 2. The second-order valence-electron chi connectivity index (χ2n) is 11.8. The van der Waals surface area contributed by atoms with Crippen LogP contribution in [0.25, 0.3) is 5.82 Å². The maximum atomic E-state index is 13.5. The molecular weight excluding hydrogens is 558 g/mol. The Balaban J connectivity index is 1.32. The average Bonchev–Trinajstić information content (AvgIpc) is 3.71. The Kier molecular flexibility index (Phi) is 7.79. The van der Waals surface area contributed by atoms with Crippen LogP contribution in [0.15, 0.2) is 47.6 Å². The lowest BCUT2D eigenvalue weighted by atomic mass is 10.0. The van der Waals surface area contributed by atoms with E-state index < -0.39 is 21.5 Å². The molecule has 42 heavy (non-hydrogen) atoms. The van der Waals surface area contributed by atoms with Gasteiger partial charge in [0, 0.05) is 30.9 Å². The number of ether oxygens (including phenoxy) is 2. The summed E-state index contributed by atoms with van der Waals surface area (Å²) >= 11 is 0. The van der Waals surface area contributed by atoms with Crippen molar-refractivity contribution in [3.05, 3.63) is 48.2 Å². The number of rotatable bonds is 5. The summed E-state index contributed by atoms with van der Waals surface area (Å²) in [7, 11) is -4.25. The Bertz CT molecular complexity index is 1550. The number of nitrogens with one attached hydrogen (secondary N) is 2. The number of hydrogen-bond acceptors (Lipinski definition) is 10. The van der Waals surface area contributed by atoms with E-state index in [1.807, 2.05) is 4.90 Å². The summed E-state index contributed by atoms with van der Waals surface area (Å²) in [6.07, 6.45) is 8.51. The van der Waals surface area contributed by atoms with E-state index in [-0.39, 0.29) is 16.7 Å². The van der Waals surface area contributed by atoms with Crippen molar-refractivity contribution in [3.63, 3.8) is 0 Å². The molecule has 1 aliphatic carbocycles. The van der Waals surface area contributed by atoms with Crippen LogP contribution in [0.5, 0.6) is 5.88 Å². The van der Waals surface area contributed by atoms with Crippen LogP contribution in [-0.2, 0) is 14.8 Å². The monoisotopic (exact) mass is 595 g/mol. The smallest absolute Gasteiger partial charge is 0.281 e. The molecular formula is C29H37N7O5S. The number of amides is 1. The first-order valence-electron chi connectivity index (χ1n) is 14.6. The van der Waals surface area contributed by atoms with E-state index in [0.29, 0.717) is 56.1 Å². The molecule has 0 spiro atoms. The molecule has 2 fully saturated rings. The molecule has 1 amide bonds. The topological polar surface area (TPSA) is 141 Å². The van der Waals surface area contributed by atoms with Gasteiger partial charge in [-0.15, -0.1) is 5.10 Å². The van der Waals surface area contributed by atoms with Crippen molar-refractivity contribution in [2.75, 3.05) is 36.5 Å². The van der Waals surface area contributed by atoms with Crippen molar-refractivity contribution in [3.8, 4) is 11.7 Å². The van der Waals surface area contributed by atoms with Gasteiger partial charge < -0.3 is 19.7 Å². The van der Waals surface area contributed by atoms with Crippen LogP contribution in [0.2, 0.25) is 0 Å². The fraction of sp³-hybridized carbons (Fsp3) is 0.517. The molecule has 0 radical (unpaired) electrons. The third-order valence-corrected chi connectivity index (χ3v) is 9.47. The van der Waals surface area contributed by atoms with Crippen LogP contribution in [0.1, 0.15) is 62.7 Å². The zero-order valence-electron chi connectivity index (χ0n) is 24.0. The highest BCUT2D eigenvalue weighted by Gasteiger charge is 2.41. The molecule has 0 aromatic carbocycles. The minimum atomic E-state index is -4.25. The van der Waals surface area contributed by atoms with E-state index in [0.717, 1.165) is 12.3 Å². The largest absolute Gasteiger partial charge is 0.477 e. The van der Waals surface area contributed by atoms with E-state index in [1.54, 1.807) is 41.2 Å². The molecule has 1 unspecified atom stereocenters. The second-order valence-corrected chi connectivity index (χ2v) is 13.4. The van der Waals surface area contributed by atoms with Crippen LogP contribution in [0.4, 0.5) is 11.6 Å². The number of sulfonamides is 1. The van der Waals surface area contributed by atoms with Crippen molar-refractivity contribution in [2.45, 2.75) is 69.0 Å². The summed E-state index contributed by atoms with van der Waals surface area (Å²) in [5.74, 6) is 1.65. The predicted molar refractivity (Wildman–Crippen MR) is 157 cm³/mol. The second kappa shape index (κ2) is 11.5. The van der Waals surface area contributed by atoms with Gasteiger partial charge in [-0.05, 0) is 56.9 Å². The van der Waals surface area contributed by atoms with Gasteiger partial charge in [0.05, 0.1) is 24.9 Å². The van der Waals surface area contributed by atoms with Gasteiger partial charge in [0.25, 0.3) is 15.9 Å². The average molecular weight is 596 g/mol. The van der Waals surface area contributed by atoms with Crippen LogP contribution < -0.4 is 19.7 Å². The zero-order valence-corrected chi connectivity index (χ0v) is 24.8. The van der Waals surface area contributed by atoms with Crippen LogP contribution in [0.3, 0.4) is 0 Å². The fourth-order valence-corrected chi connectivity index (χ4v) is 6.99. The van der Waals surface area contributed by atoms with E-state index in [2.05, 4.69) is 34.0 Å². The first-order chi connectivity index (χ1) is 20.2. The molecule has 6 rings (SSSR count). The van der Waals surface area contributed by atoms with Crippen LogP contribution in [0, 0.1) is 5.92 Å². The molecule has 13 heteroatoms. The highest BCUT2D eigenvalue weighted by atomic mass is 32.2. The van der Waals surface area contributed by atoms with Crippen molar-refractivity contribution in [1.82, 2.24) is 24.5 Å². The Morgan fingerprint density at radius 2 is 1.95 bits per heavy atom. The highest BCUT2D eigenvalue weighted by molar-refractivity contribution is 7.90. The number of nitrogens with zero attached hydrogens (tertiary/aromatic N) is 5. The first-order valence-corrected chi connectivity index (χ1v) is 16.0.